The summed E-state index contributed by atoms with van der Waals surface area (Å²) < 4.78 is 0. The molecule has 0 saturated carbocycles. The average molecular weight is 375 g/mol. The summed E-state index contributed by atoms with van der Waals surface area (Å²) >= 11 is 1.89. The van der Waals surface area contributed by atoms with Gasteiger partial charge in [0.05, 0.1) is 23.3 Å². The van der Waals surface area contributed by atoms with Gasteiger partial charge in [-0.15, -0.1) is 0 Å². The second-order valence-electron chi connectivity index (χ2n) is 7.08. The number of thioether (sulfide) groups is 1. The van der Waals surface area contributed by atoms with Crippen molar-refractivity contribution in [3.05, 3.63) is 78.6 Å². The van der Waals surface area contributed by atoms with Gasteiger partial charge in [0.25, 0.3) is 0 Å². The SMILES string of the molecule is NC1CCN(c2ccccc2N2c3cnccc3S[C@H]2c2ccccc2)C1. The number of fused-ring (bicyclic) bond motifs is 1. The summed E-state index contributed by atoms with van der Waals surface area (Å²) in [5, 5.41) is 0.197. The predicted molar refractivity (Wildman–Crippen MR) is 113 cm³/mol. The van der Waals surface area contributed by atoms with Gasteiger partial charge in [0.2, 0.25) is 0 Å². The van der Waals surface area contributed by atoms with E-state index in [1.807, 2.05) is 24.2 Å². The highest BCUT2D eigenvalue weighted by Gasteiger charge is 2.35. The molecule has 0 spiro atoms. The van der Waals surface area contributed by atoms with Gasteiger partial charge in [0, 0.05) is 30.2 Å². The Bertz CT molecular complexity index is 946. The molecule has 2 aliphatic heterocycles. The molecule has 2 aromatic carbocycles. The Hall–Kier alpha value is -2.50. The van der Waals surface area contributed by atoms with Crippen molar-refractivity contribution in [1.29, 1.82) is 0 Å². The van der Waals surface area contributed by atoms with Crippen LogP contribution in [0, 0.1) is 0 Å². The third-order valence-corrected chi connectivity index (χ3v) is 6.59. The number of hydrogen-bond donors (Lipinski definition) is 1. The molecule has 27 heavy (non-hydrogen) atoms. The molecule has 5 heteroatoms. The van der Waals surface area contributed by atoms with E-state index < -0.39 is 0 Å². The second-order valence-corrected chi connectivity index (χ2v) is 8.20. The number of hydrogen-bond acceptors (Lipinski definition) is 5. The Balaban J connectivity index is 1.63. The number of benzene rings is 2. The number of nitrogens with zero attached hydrogens (tertiary/aromatic N) is 3. The van der Waals surface area contributed by atoms with Crippen molar-refractivity contribution in [2.75, 3.05) is 22.9 Å². The van der Waals surface area contributed by atoms with E-state index in [1.165, 1.54) is 27.5 Å². The third kappa shape index (κ3) is 2.97. The molecule has 136 valence electrons. The van der Waals surface area contributed by atoms with Crippen molar-refractivity contribution in [1.82, 2.24) is 4.98 Å². The topological polar surface area (TPSA) is 45.4 Å². The Labute approximate surface area is 164 Å². The van der Waals surface area contributed by atoms with E-state index in [9.17, 15) is 0 Å². The second kappa shape index (κ2) is 6.91. The molecule has 0 amide bonds. The Morgan fingerprint density at radius 1 is 0.926 bits per heavy atom. The lowest BCUT2D eigenvalue weighted by Crippen LogP contribution is -2.28. The van der Waals surface area contributed by atoms with Crippen molar-refractivity contribution < 1.29 is 0 Å². The third-order valence-electron chi connectivity index (χ3n) is 5.29. The normalized spacial score (nSPS) is 21.5. The van der Waals surface area contributed by atoms with Crippen molar-refractivity contribution in [3.63, 3.8) is 0 Å². The fourth-order valence-electron chi connectivity index (χ4n) is 3.99. The van der Waals surface area contributed by atoms with E-state index in [0.29, 0.717) is 0 Å². The molecule has 1 unspecified atom stereocenters. The van der Waals surface area contributed by atoms with Gasteiger partial charge in [-0.25, -0.2) is 0 Å². The van der Waals surface area contributed by atoms with Gasteiger partial charge in [-0.05, 0) is 30.2 Å². The maximum atomic E-state index is 6.19. The first-order valence-electron chi connectivity index (χ1n) is 9.35. The lowest BCUT2D eigenvalue weighted by Gasteiger charge is -2.31. The molecule has 2 N–H and O–H groups in total. The van der Waals surface area contributed by atoms with Crippen LogP contribution in [0.2, 0.25) is 0 Å². The van der Waals surface area contributed by atoms with E-state index >= 15 is 0 Å². The molecular formula is C22H22N4S. The van der Waals surface area contributed by atoms with Crippen LogP contribution in [-0.4, -0.2) is 24.1 Å². The lowest BCUT2D eigenvalue weighted by molar-refractivity contribution is 0.752. The van der Waals surface area contributed by atoms with Crippen LogP contribution in [-0.2, 0) is 0 Å². The summed E-state index contributed by atoms with van der Waals surface area (Å²) in [6.45, 7) is 1.92. The van der Waals surface area contributed by atoms with E-state index in [-0.39, 0.29) is 11.4 Å². The number of nitrogens with two attached hydrogens (primary N) is 1. The van der Waals surface area contributed by atoms with Crippen molar-refractivity contribution in [2.24, 2.45) is 5.73 Å². The predicted octanol–water partition coefficient (Wildman–Crippen LogP) is 4.56. The number of aromatic nitrogens is 1. The molecule has 2 atom stereocenters. The van der Waals surface area contributed by atoms with Gasteiger partial charge < -0.3 is 15.5 Å². The standard InChI is InChI=1S/C22H22N4S/c23-17-11-13-25(15-17)18-8-4-5-9-19(18)26-20-14-24-12-10-21(20)27-22(26)16-6-2-1-3-7-16/h1-10,12,14,17,22H,11,13,15,23H2/t17?,22-/m0/s1. The van der Waals surface area contributed by atoms with Crippen LogP contribution in [0.15, 0.2) is 78.0 Å². The minimum Gasteiger partial charge on any atom is -0.368 e. The summed E-state index contributed by atoms with van der Waals surface area (Å²) in [4.78, 5) is 10.5. The van der Waals surface area contributed by atoms with Gasteiger partial charge in [0.15, 0.2) is 0 Å². The molecule has 0 radical (unpaired) electrons. The van der Waals surface area contributed by atoms with Gasteiger partial charge in [0.1, 0.15) is 5.37 Å². The van der Waals surface area contributed by atoms with Gasteiger partial charge in [-0.3, -0.25) is 4.98 Å². The Morgan fingerprint density at radius 3 is 2.48 bits per heavy atom. The molecule has 2 aliphatic rings. The highest BCUT2D eigenvalue weighted by molar-refractivity contribution is 8.00. The summed E-state index contributed by atoms with van der Waals surface area (Å²) in [6, 6.07) is 21.8. The molecule has 0 bridgehead atoms. The monoisotopic (exact) mass is 374 g/mol. The van der Waals surface area contributed by atoms with Crippen LogP contribution in [0.4, 0.5) is 17.1 Å². The van der Waals surface area contributed by atoms with Gasteiger partial charge >= 0.3 is 0 Å². The summed E-state index contributed by atoms with van der Waals surface area (Å²) in [5.41, 5.74) is 11.1. The number of para-hydroxylation sites is 2. The molecule has 1 fully saturated rings. The average Bonchev–Trinajstić information content (AvgIpc) is 3.32. The Morgan fingerprint density at radius 2 is 1.70 bits per heavy atom. The molecule has 3 aromatic rings. The smallest absolute Gasteiger partial charge is 0.110 e. The first-order valence-corrected chi connectivity index (χ1v) is 10.2. The molecule has 5 rings (SSSR count). The Kier molecular flexibility index (Phi) is 4.26. The van der Waals surface area contributed by atoms with Crippen LogP contribution in [0.5, 0.6) is 0 Å². The zero-order chi connectivity index (χ0) is 18.2. The maximum absolute atomic E-state index is 6.19. The molecule has 3 heterocycles. The van der Waals surface area contributed by atoms with E-state index in [2.05, 4.69) is 75.4 Å². The van der Waals surface area contributed by atoms with Gasteiger partial charge in [-0.1, -0.05) is 54.2 Å². The van der Waals surface area contributed by atoms with Crippen LogP contribution >= 0.6 is 11.8 Å². The fraction of sp³-hybridized carbons (Fsp3) is 0.227. The quantitative estimate of drug-likeness (QED) is 0.728. The van der Waals surface area contributed by atoms with Gasteiger partial charge in [-0.2, -0.15) is 0 Å². The number of pyridine rings is 1. The highest BCUT2D eigenvalue weighted by atomic mass is 32.2. The molecule has 0 aliphatic carbocycles. The summed E-state index contributed by atoms with van der Waals surface area (Å²) in [6.07, 6.45) is 4.91. The minimum absolute atomic E-state index is 0.197. The maximum Gasteiger partial charge on any atom is 0.110 e. The summed E-state index contributed by atoms with van der Waals surface area (Å²) in [7, 11) is 0. The van der Waals surface area contributed by atoms with Crippen LogP contribution in [0.3, 0.4) is 0 Å². The fourth-order valence-corrected chi connectivity index (χ4v) is 5.26. The molecule has 4 nitrogen and oxygen atoms in total. The number of rotatable bonds is 3. The highest BCUT2D eigenvalue weighted by Crippen LogP contribution is 2.55. The summed E-state index contributed by atoms with van der Waals surface area (Å²) in [5.74, 6) is 0. The van der Waals surface area contributed by atoms with E-state index in [4.69, 9.17) is 5.73 Å². The van der Waals surface area contributed by atoms with Crippen molar-refractivity contribution in [3.8, 4) is 0 Å². The largest absolute Gasteiger partial charge is 0.368 e. The first-order chi connectivity index (χ1) is 13.3. The van der Waals surface area contributed by atoms with Crippen LogP contribution in [0.25, 0.3) is 0 Å². The molecular weight excluding hydrogens is 352 g/mol. The zero-order valence-electron chi connectivity index (χ0n) is 15.0. The van der Waals surface area contributed by atoms with Crippen LogP contribution < -0.4 is 15.5 Å². The van der Waals surface area contributed by atoms with Crippen LogP contribution in [0.1, 0.15) is 17.4 Å². The molecule has 1 saturated heterocycles. The minimum atomic E-state index is 0.197. The van der Waals surface area contributed by atoms with E-state index in [0.717, 1.165) is 19.5 Å². The number of anilines is 3. The molecule has 1 aromatic heterocycles. The van der Waals surface area contributed by atoms with Crippen molar-refractivity contribution in [2.45, 2.75) is 22.7 Å². The van der Waals surface area contributed by atoms with E-state index in [1.54, 1.807) is 0 Å². The zero-order valence-corrected chi connectivity index (χ0v) is 15.8. The van der Waals surface area contributed by atoms with Crippen molar-refractivity contribution >= 4 is 28.8 Å². The lowest BCUT2D eigenvalue weighted by atomic mass is 10.1. The first kappa shape index (κ1) is 16.7.